The van der Waals surface area contributed by atoms with Gasteiger partial charge in [0.15, 0.2) is 5.65 Å². The number of anilines is 3. The van der Waals surface area contributed by atoms with E-state index in [2.05, 4.69) is 25.7 Å². The molecule has 3 aromatic rings. The summed E-state index contributed by atoms with van der Waals surface area (Å²) < 4.78 is 1.67. The van der Waals surface area contributed by atoms with Crippen LogP contribution in [0.5, 0.6) is 0 Å². The van der Waals surface area contributed by atoms with Crippen LogP contribution in [-0.4, -0.2) is 38.0 Å². The van der Waals surface area contributed by atoms with Gasteiger partial charge in [0.1, 0.15) is 5.82 Å². The van der Waals surface area contributed by atoms with Crippen molar-refractivity contribution in [2.24, 2.45) is 7.05 Å². The average Bonchev–Trinajstić information content (AvgIpc) is 2.89. The van der Waals surface area contributed by atoms with Crippen molar-refractivity contribution < 1.29 is 5.11 Å². The number of aliphatic hydroxyl groups excluding tert-OH is 1. The molecule has 0 saturated carbocycles. The molecule has 2 heterocycles. The highest BCUT2D eigenvalue weighted by molar-refractivity contribution is 6.30. The summed E-state index contributed by atoms with van der Waals surface area (Å²) in [7, 11) is 1.82. The largest absolute Gasteiger partial charge is 0.395 e. The molecule has 7 nitrogen and oxygen atoms in total. The van der Waals surface area contributed by atoms with Crippen LogP contribution in [0.3, 0.4) is 0 Å². The molecule has 3 N–H and O–H groups in total. The molecule has 0 fully saturated rings. The molecule has 2 aromatic heterocycles. The maximum Gasteiger partial charge on any atom is 0.231 e. The zero-order valence-corrected chi connectivity index (χ0v) is 13.9. The minimum atomic E-state index is 0. The zero-order valence-electron chi connectivity index (χ0n) is 12.3. The van der Waals surface area contributed by atoms with Gasteiger partial charge in [-0.3, -0.25) is 4.68 Å². The van der Waals surface area contributed by atoms with Crippen LogP contribution in [0.1, 0.15) is 0 Å². The molecule has 0 unspecified atom stereocenters. The van der Waals surface area contributed by atoms with Gasteiger partial charge >= 0.3 is 0 Å². The first-order valence-corrected chi connectivity index (χ1v) is 7.12. The van der Waals surface area contributed by atoms with Gasteiger partial charge in [0.05, 0.1) is 18.2 Å². The minimum Gasteiger partial charge on any atom is -0.395 e. The highest BCUT2D eigenvalue weighted by atomic mass is 35.5. The number of aryl methyl sites for hydroxylation is 1. The van der Waals surface area contributed by atoms with Crippen molar-refractivity contribution in [2.45, 2.75) is 0 Å². The molecule has 0 atom stereocenters. The molecule has 0 radical (unpaired) electrons. The summed E-state index contributed by atoms with van der Waals surface area (Å²) in [4.78, 5) is 8.90. The maximum atomic E-state index is 8.98. The normalized spacial score (nSPS) is 10.4. The number of nitrogens with zero attached hydrogens (tertiary/aromatic N) is 4. The number of nitrogens with one attached hydrogen (secondary N) is 2. The van der Waals surface area contributed by atoms with Gasteiger partial charge in [0.2, 0.25) is 5.95 Å². The van der Waals surface area contributed by atoms with E-state index in [1.54, 1.807) is 23.0 Å². The fourth-order valence-electron chi connectivity index (χ4n) is 2.05. The Hall–Kier alpha value is -2.09. The Kier molecular flexibility index (Phi) is 5.59. The lowest BCUT2D eigenvalue weighted by molar-refractivity contribution is 0.311. The number of benzene rings is 1. The second kappa shape index (κ2) is 7.45. The Bertz CT molecular complexity index is 790. The number of hydrogen-bond donors (Lipinski definition) is 3. The molecule has 0 saturated heterocycles. The van der Waals surface area contributed by atoms with E-state index < -0.39 is 0 Å². The third-order valence-electron chi connectivity index (χ3n) is 3.10. The molecule has 23 heavy (non-hydrogen) atoms. The Balaban J connectivity index is 0.00000192. The van der Waals surface area contributed by atoms with Gasteiger partial charge in [0.25, 0.3) is 0 Å². The molecule has 0 bridgehead atoms. The van der Waals surface area contributed by atoms with E-state index in [1.165, 1.54) is 0 Å². The fraction of sp³-hybridized carbons (Fsp3) is 0.214. The molecular weight excluding hydrogens is 339 g/mol. The Labute approximate surface area is 144 Å². The van der Waals surface area contributed by atoms with Crippen LogP contribution in [0.4, 0.5) is 17.5 Å². The molecule has 0 aliphatic heterocycles. The fourth-order valence-corrected chi connectivity index (χ4v) is 2.18. The first kappa shape index (κ1) is 17.3. The standard InChI is InChI=1S/C14H15ClN6O.ClH/c1-21-13-11(8-17-21)12(16-6-7-22)19-14(20-13)18-10-4-2-9(15)3-5-10;/h2-5,8,22H,6-7H2,1H3,(H2,16,18,19,20);1H. The number of aromatic nitrogens is 4. The minimum absolute atomic E-state index is 0. The maximum absolute atomic E-state index is 8.98. The summed E-state index contributed by atoms with van der Waals surface area (Å²) in [6, 6.07) is 7.27. The second-order valence-electron chi connectivity index (χ2n) is 4.68. The van der Waals surface area contributed by atoms with Gasteiger partial charge in [-0.05, 0) is 24.3 Å². The molecule has 3 rings (SSSR count). The summed E-state index contributed by atoms with van der Waals surface area (Å²) in [6.07, 6.45) is 1.70. The van der Waals surface area contributed by atoms with Crippen molar-refractivity contribution in [2.75, 3.05) is 23.8 Å². The third-order valence-corrected chi connectivity index (χ3v) is 3.35. The van der Waals surface area contributed by atoms with Crippen molar-refractivity contribution >= 4 is 52.5 Å². The third kappa shape index (κ3) is 3.82. The Morgan fingerprint density at radius 1 is 1.22 bits per heavy atom. The quantitative estimate of drug-likeness (QED) is 0.652. The van der Waals surface area contributed by atoms with Crippen molar-refractivity contribution in [1.29, 1.82) is 0 Å². The number of halogens is 2. The van der Waals surface area contributed by atoms with Crippen molar-refractivity contribution in [1.82, 2.24) is 19.7 Å². The Morgan fingerprint density at radius 2 is 1.96 bits per heavy atom. The van der Waals surface area contributed by atoms with Crippen LogP contribution in [0, 0.1) is 0 Å². The number of rotatable bonds is 5. The second-order valence-corrected chi connectivity index (χ2v) is 5.12. The predicted molar refractivity (Wildman–Crippen MR) is 93.9 cm³/mol. The number of fused-ring (bicyclic) bond motifs is 1. The van der Waals surface area contributed by atoms with Crippen LogP contribution in [0.2, 0.25) is 5.02 Å². The summed E-state index contributed by atoms with van der Waals surface area (Å²) in [5.41, 5.74) is 1.53. The van der Waals surface area contributed by atoms with Crippen LogP contribution in [-0.2, 0) is 7.05 Å². The molecule has 0 aliphatic rings. The lowest BCUT2D eigenvalue weighted by atomic mass is 10.3. The lowest BCUT2D eigenvalue weighted by Crippen LogP contribution is -2.09. The van der Waals surface area contributed by atoms with Gasteiger partial charge in [-0.15, -0.1) is 12.4 Å². The van der Waals surface area contributed by atoms with E-state index in [0.717, 1.165) is 11.1 Å². The molecule has 1 aromatic carbocycles. The molecule has 0 aliphatic carbocycles. The van der Waals surface area contributed by atoms with E-state index in [4.69, 9.17) is 16.7 Å². The van der Waals surface area contributed by atoms with E-state index in [-0.39, 0.29) is 19.0 Å². The van der Waals surface area contributed by atoms with Gasteiger partial charge in [-0.2, -0.15) is 15.1 Å². The highest BCUT2D eigenvalue weighted by Crippen LogP contribution is 2.23. The monoisotopic (exact) mass is 354 g/mol. The van der Waals surface area contributed by atoms with E-state index in [9.17, 15) is 0 Å². The highest BCUT2D eigenvalue weighted by Gasteiger charge is 2.11. The summed E-state index contributed by atoms with van der Waals surface area (Å²) in [5.74, 6) is 1.07. The van der Waals surface area contributed by atoms with Crippen LogP contribution in [0.15, 0.2) is 30.5 Å². The summed E-state index contributed by atoms with van der Waals surface area (Å²) in [6.45, 7) is 0.424. The molecule has 0 amide bonds. The summed E-state index contributed by atoms with van der Waals surface area (Å²) in [5, 5.41) is 20.8. The topological polar surface area (TPSA) is 87.9 Å². The van der Waals surface area contributed by atoms with Crippen molar-refractivity contribution in [3.8, 4) is 0 Å². The van der Waals surface area contributed by atoms with Gasteiger partial charge in [0, 0.05) is 24.3 Å². The van der Waals surface area contributed by atoms with Crippen molar-refractivity contribution in [3.63, 3.8) is 0 Å². The predicted octanol–water partition coefficient (Wildman–Crippen LogP) is 2.59. The lowest BCUT2D eigenvalue weighted by Gasteiger charge is -2.09. The SMILES string of the molecule is Cl.Cn1ncc2c(NCCO)nc(Nc3ccc(Cl)cc3)nc21. The number of aliphatic hydroxyl groups is 1. The average molecular weight is 355 g/mol. The van der Waals surface area contributed by atoms with Gasteiger partial charge < -0.3 is 15.7 Å². The van der Waals surface area contributed by atoms with Gasteiger partial charge in [-0.25, -0.2) is 0 Å². The number of hydrogen-bond acceptors (Lipinski definition) is 6. The molecule has 0 spiro atoms. The van der Waals surface area contributed by atoms with E-state index >= 15 is 0 Å². The van der Waals surface area contributed by atoms with Crippen molar-refractivity contribution in [3.05, 3.63) is 35.5 Å². The first-order chi connectivity index (χ1) is 10.7. The zero-order chi connectivity index (χ0) is 15.5. The smallest absolute Gasteiger partial charge is 0.231 e. The summed E-state index contributed by atoms with van der Waals surface area (Å²) >= 11 is 5.88. The van der Waals surface area contributed by atoms with E-state index in [1.807, 2.05) is 19.2 Å². The van der Waals surface area contributed by atoms with Crippen LogP contribution < -0.4 is 10.6 Å². The molecule has 9 heteroatoms. The van der Waals surface area contributed by atoms with Crippen LogP contribution in [0.25, 0.3) is 11.0 Å². The van der Waals surface area contributed by atoms with Gasteiger partial charge in [-0.1, -0.05) is 11.6 Å². The van der Waals surface area contributed by atoms with Crippen LogP contribution >= 0.6 is 24.0 Å². The Morgan fingerprint density at radius 3 is 2.65 bits per heavy atom. The molecular formula is C14H16Cl2N6O. The molecule has 122 valence electrons. The first-order valence-electron chi connectivity index (χ1n) is 6.74. The van der Waals surface area contributed by atoms with E-state index in [0.29, 0.717) is 29.0 Å².